The predicted octanol–water partition coefficient (Wildman–Crippen LogP) is 1.41. The predicted molar refractivity (Wildman–Crippen MR) is 58.2 cm³/mol. The quantitative estimate of drug-likeness (QED) is 0.772. The summed E-state index contributed by atoms with van der Waals surface area (Å²) < 4.78 is 9.90. The van der Waals surface area contributed by atoms with Crippen molar-refractivity contribution in [2.45, 2.75) is 0 Å². The second kappa shape index (κ2) is 5.31. The van der Waals surface area contributed by atoms with Gasteiger partial charge in [-0.15, -0.1) is 12.4 Å². The molecule has 0 amide bonds. The Hall–Kier alpha value is -1.62. The third kappa shape index (κ3) is 2.66. The molecule has 3 N–H and O–H groups in total. The molecule has 6 heteroatoms. The van der Waals surface area contributed by atoms with Crippen molar-refractivity contribution in [3.05, 3.63) is 17.7 Å². The summed E-state index contributed by atoms with van der Waals surface area (Å²) in [6.45, 7) is 0. The van der Waals surface area contributed by atoms with Crippen LogP contribution < -0.4 is 15.2 Å². The lowest BCUT2D eigenvalue weighted by Gasteiger charge is -2.10. The second-order valence-corrected chi connectivity index (χ2v) is 2.61. The molecule has 0 radical (unpaired) electrons. The van der Waals surface area contributed by atoms with E-state index in [1.807, 2.05) is 0 Å². The average molecular weight is 234 g/mol. The maximum Gasteiger partial charge on any atom is 0.335 e. The van der Waals surface area contributed by atoms with Crippen molar-refractivity contribution >= 4 is 24.1 Å². The van der Waals surface area contributed by atoms with Gasteiger partial charge < -0.3 is 20.3 Å². The van der Waals surface area contributed by atoms with Crippen LogP contribution in [0.2, 0.25) is 0 Å². The molecule has 0 spiro atoms. The number of hydrogen-bond acceptors (Lipinski definition) is 4. The van der Waals surface area contributed by atoms with Gasteiger partial charge in [0.25, 0.3) is 0 Å². The average Bonchev–Trinajstić information content (AvgIpc) is 2.16. The lowest BCUT2D eigenvalue weighted by molar-refractivity contribution is 0.0696. The number of ether oxygens (including phenoxy) is 2. The maximum absolute atomic E-state index is 10.7. The minimum atomic E-state index is -1.06. The molecule has 84 valence electrons. The van der Waals surface area contributed by atoms with Crippen LogP contribution in [0.1, 0.15) is 10.4 Å². The molecule has 5 nitrogen and oxygen atoms in total. The van der Waals surface area contributed by atoms with Gasteiger partial charge in [0.1, 0.15) is 0 Å². The molecule has 0 aliphatic carbocycles. The number of anilines is 1. The summed E-state index contributed by atoms with van der Waals surface area (Å²) in [7, 11) is 2.86. The highest BCUT2D eigenvalue weighted by Gasteiger charge is 2.13. The second-order valence-electron chi connectivity index (χ2n) is 2.61. The number of nitrogen functional groups attached to an aromatic ring is 1. The first-order valence-corrected chi connectivity index (χ1v) is 3.85. The lowest BCUT2D eigenvalue weighted by atomic mass is 10.1. The number of carbonyl (C=O) groups is 1. The van der Waals surface area contributed by atoms with Crippen LogP contribution >= 0.6 is 12.4 Å². The Morgan fingerprint density at radius 1 is 1.33 bits per heavy atom. The number of hydrogen-bond donors (Lipinski definition) is 2. The van der Waals surface area contributed by atoms with Crippen molar-refractivity contribution in [1.82, 2.24) is 0 Å². The molecule has 0 aromatic heterocycles. The van der Waals surface area contributed by atoms with E-state index in [9.17, 15) is 4.79 Å². The highest BCUT2D eigenvalue weighted by molar-refractivity contribution is 5.90. The van der Waals surface area contributed by atoms with E-state index >= 15 is 0 Å². The molecule has 0 aliphatic rings. The van der Waals surface area contributed by atoms with Crippen molar-refractivity contribution in [3.63, 3.8) is 0 Å². The van der Waals surface area contributed by atoms with Crippen molar-refractivity contribution in [2.75, 3.05) is 20.0 Å². The Bertz CT molecular complexity index is 367. The highest BCUT2D eigenvalue weighted by Crippen LogP contribution is 2.34. The number of aromatic carboxylic acids is 1. The van der Waals surface area contributed by atoms with Gasteiger partial charge in [-0.3, -0.25) is 0 Å². The van der Waals surface area contributed by atoms with Gasteiger partial charge in [0.15, 0.2) is 11.5 Å². The molecule has 0 aliphatic heterocycles. The number of methoxy groups -OCH3 is 2. The summed E-state index contributed by atoms with van der Waals surface area (Å²) in [5.41, 5.74) is 5.89. The van der Waals surface area contributed by atoms with Crippen molar-refractivity contribution in [3.8, 4) is 11.5 Å². The Morgan fingerprint density at radius 2 is 1.93 bits per heavy atom. The monoisotopic (exact) mass is 233 g/mol. The third-order valence-corrected chi connectivity index (χ3v) is 1.75. The molecule has 0 saturated carbocycles. The minimum Gasteiger partial charge on any atom is -0.493 e. The van der Waals surface area contributed by atoms with E-state index in [-0.39, 0.29) is 23.7 Å². The van der Waals surface area contributed by atoms with E-state index in [0.29, 0.717) is 11.5 Å². The zero-order valence-electron chi connectivity index (χ0n) is 8.31. The molecule has 15 heavy (non-hydrogen) atoms. The van der Waals surface area contributed by atoms with E-state index in [1.54, 1.807) is 0 Å². The molecule has 1 aromatic carbocycles. The van der Waals surface area contributed by atoms with E-state index < -0.39 is 5.97 Å². The summed E-state index contributed by atoms with van der Waals surface area (Å²) in [5.74, 6) is -0.403. The largest absolute Gasteiger partial charge is 0.493 e. The Morgan fingerprint density at radius 3 is 2.33 bits per heavy atom. The zero-order valence-corrected chi connectivity index (χ0v) is 9.13. The van der Waals surface area contributed by atoms with Gasteiger partial charge in [0, 0.05) is 0 Å². The molecular weight excluding hydrogens is 222 g/mol. The number of halogens is 1. The summed E-state index contributed by atoms with van der Waals surface area (Å²) >= 11 is 0. The molecule has 0 saturated heterocycles. The highest BCUT2D eigenvalue weighted by atomic mass is 35.5. The topological polar surface area (TPSA) is 81.8 Å². The Labute approximate surface area is 93.2 Å². The van der Waals surface area contributed by atoms with Gasteiger partial charge in [-0.25, -0.2) is 4.79 Å². The summed E-state index contributed by atoms with van der Waals surface area (Å²) in [6.07, 6.45) is 0. The number of benzene rings is 1. The SMILES string of the molecule is COc1cc(C(=O)O)cc(N)c1OC.Cl. The van der Waals surface area contributed by atoms with Crippen LogP contribution in [-0.4, -0.2) is 25.3 Å². The van der Waals surface area contributed by atoms with Crippen LogP contribution in [0.3, 0.4) is 0 Å². The van der Waals surface area contributed by atoms with Gasteiger partial charge >= 0.3 is 5.97 Å². The molecule has 0 atom stereocenters. The number of rotatable bonds is 3. The van der Waals surface area contributed by atoms with E-state index in [0.717, 1.165) is 0 Å². The van der Waals surface area contributed by atoms with Crippen LogP contribution in [-0.2, 0) is 0 Å². The molecule has 1 rings (SSSR count). The fraction of sp³-hybridized carbons (Fsp3) is 0.222. The molecule has 0 fully saturated rings. The smallest absolute Gasteiger partial charge is 0.335 e. The molecule has 1 aromatic rings. The number of nitrogens with two attached hydrogens (primary N) is 1. The van der Waals surface area contributed by atoms with Gasteiger partial charge in [-0.2, -0.15) is 0 Å². The van der Waals surface area contributed by atoms with Gasteiger partial charge in [-0.05, 0) is 12.1 Å². The van der Waals surface area contributed by atoms with Crippen LogP contribution in [0.15, 0.2) is 12.1 Å². The van der Waals surface area contributed by atoms with Crippen LogP contribution in [0.5, 0.6) is 11.5 Å². The lowest BCUT2D eigenvalue weighted by Crippen LogP contribution is -2.02. The Balaban J connectivity index is 0.00000196. The summed E-state index contributed by atoms with van der Waals surface area (Å²) in [6, 6.07) is 2.68. The number of carboxylic acids is 1. The van der Waals surface area contributed by atoms with Gasteiger partial charge in [0.05, 0.1) is 25.5 Å². The van der Waals surface area contributed by atoms with E-state index in [2.05, 4.69) is 0 Å². The standard InChI is InChI=1S/C9H11NO4.ClH/c1-13-7-4-5(9(11)12)3-6(10)8(7)14-2;/h3-4H,10H2,1-2H3,(H,11,12);1H. The van der Waals surface area contributed by atoms with Crippen LogP contribution in [0.4, 0.5) is 5.69 Å². The van der Waals surface area contributed by atoms with Crippen molar-refractivity contribution in [1.29, 1.82) is 0 Å². The van der Waals surface area contributed by atoms with Crippen molar-refractivity contribution in [2.24, 2.45) is 0 Å². The van der Waals surface area contributed by atoms with E-state index in [4.69, 9.17) is 20.3 Å². The van der Waals surface area contributed by atoms with E-state index in [1.165, 1.54) is 26.4 Å². The Kier molecular flexibility index (Phi) is 4.73. The van der Waals surface area contributed by atoms with Crippen molar-refractivity contribution < 1.29 is 19.4 Å². The minimum absolute atomic E-state index is 0. The summed E-state index contributed by atoms with van der Waals surface area (Å²) in [4.78, 5) is 10.7. The fourth-order valence-electron chi connectivity index (χ4n) is 1.12. The first kappa shape index (κ1) is 13.4. The van der Waals surface area contributed by atoms with Crippen LogP contribution in [0.25, 0.3) is 0 Å². The third-order valence-electron chi connectivity index (χ3n) is 1.75. The summed E-state index contributed by atoms with van der Waals surface area (Å²) in [5, 5.41) is 8.74. The normalized spacial score (nSPS) is 8.93. The first-order chi connectivity index (χ1) is 6.60. The van der Waals surface area contributed by atoms with Gasteiger partial charge in [0.2, 0.25) is 0 Å². The molecule has 0 bridgehead atoms. The maximum atomic E-state index is 10.7. The first-order valence-electron chi connectivity index (χ1n) is 3.85. The molecule has 0 heterocycles. The number of carboxylic acid groups (broad SMARTS) is 1. The molecular formula is C9H12ClNO4. The fourth-order valence-corrected chi connectivity index (χ4v) is 1.12. The van der Waals surface area contributed by atoms with Crippen LogP contribution in [0, 0.1) is 0 Å². The molecule has 0 unspecified atom stereocenters. The van der Waals surface area contributed by atoms with Gasteiger partial charge in [-0.1, -0.05) is 0 Å². The zero-order chi connectivity index (χ0) is 10.7.